The Hall–Kier alpha value is -0.120. The van der Waals surface area contributed by atoms with Crippen molar-refractivity contribution in [3.05, 3.63) is 0 Å². The molecule has 2 rings (SSSR count). The number of nitrogens with one attached hydrogen (secondary N) is 1. The van der Waals surface area contributed by atoms with Crippen molar-refractivity contribution in [2.75, 3.05) is 26.7 Å². The van der Waals surface area contributed by atoms with Gasteiger partial charge in [0, 0.05) is 19.1 Å². The highest BCUT2D eigenvalue weighted by Gasteiger charge is 2.32. The Labute approximate surface area is 99.2 Å². The second kappa shape index (κ2) is 5.48. The molecule has 3 nitrogen and oxygen atoms in total. The summed E-state index contributed by atoms with van der Waals surface area (Å²) in [6, 6.07) is 0.626. The molecular weight excluding hydrogens is 200 g/mol. The van der Waals surface area contributed by atoms with Crippen molar-refractivity contribution in [3.8, 4) is 0 Å². The van der Waals surface area contributed by atoms with Crippen LogP contribution < -0.4 is 5.32 Å². The molecule has 1 unspecified atom stereocenters. The molecule has 0 aromatic rings. The predicted octanol–water partition coefficient (Wildman–Crippen LogP) is 1.37. The van der Waals surface area contributed by atoms with Crippen LogP contribution in [0.15, 0.2) is 0 Å². The molecule has 0 spiro atoms. The van der Waals surface area contributed by atoms with Crippen LogP contribution in [0.3, 0.4) is 0 Å². The maximum atomic E-state index is 10.5. The standard InChI is InChI=1S/C13H26N2O/c1-14-12-6-5-9-15(10-12)11-13(16)7-3-2-4-8-13/h12,14,16H,2-11H2,1H3. The monoisotopic (exact) mass is 226 g/mol. The van der Waals surface area contributed by atoms with E-state index in [4.69, 9.17) is 0 Å². The van der Waals surface area contributed by atoms with Gasteiger partial charge in [0.2, 0.25) is 0 Å². The topological polar surface area (TPSA) is 35.5 Å². The zero-order valence-corrected chi connectivity index (χ0v) is 10.5. The van der Waals surface area contributed by atoms with Crippen LogP contribution in [0.2, 0.25) is 0 Å². The summed E-state index contributed by atoms with van der Waals surface area (Å²) in [6.07, 6.45) is 8.29. The van der Waals surface area contributed by atoms with Crippen LogP contribution in [-0.4, -0.2) is 48.3 Å². The number of likely N-dealkylation sites (tertiary alicyclic amines) is 1. The van der Waals surface area contributed by atoms with Gasteiger partial charge in [-0.25, -0.2) is 0 Å². The molecule has 3 heteroatoms. The molecule has 16 heavy (non-hydrogen) atoms. The molecule has 1 heterocycles. The highest BCUT2D eigenvalue weighted by atomic mass is 16.3. The molecule has 2 fully saturated rings. The van der Waals surface area contributed by atoms with Crippen LogP contribution in [0.5, 0.6) is 0 Å². The average molecular weight is 226 g/mol. The van der Waals surface area contributed by atoms with Crippen molar-refractivity contribution >= 4 is 0 Å². The summed E-state index contributed by atoms with van der Waals surface area (Å²) in [4.78, 5) is 2.45. The number of rotatable bonds is 3. The van der Waals surface area contributed by atoms with E-state index in [0.717, 1.165) is 25.9 Å². The van der Waals surface area contributed by atoms with Gasteiger partial charge in [0.1, 0.15) is 0 Å². The van der Waals surface area contributed by atoms with Crippen molar-refractivity contribution in [2.24, 2.45) is 0 Å². The van der Waals surface area contributed by atoms with Gasteiger partial charge >= 0.3 is 0 Å². The van der Waals surface area contributed by atoms with Gasteiger partial charge in [0.15, 0.2) is 0 Å². The molecule has 0 amide bonds. The van der Waals surface area contributed by atoms with Gasteiger partial charge in [-0.3, -0.25) is 4.90 Å². The quantitative estimate of drug-likeness (QED) is 0.763. The molecule has 2 aliphatic rings. The number of piperidine rings is 1. The number of hydrogen-bond donors (Lipinski definition) is 2. The minimum atomic E-state index is -0.381. The minimum Gasteiger partial charge on any atom is -0.389 e. The number of nitrogens with zero attached hydrogens (tertiary/aromatic N) is 1. The lowest BCUT2D eigenvalue weighted by molar-refractivity contribution is -0.0319. The van der Waals surface area contributed by atoms with E-state index in [2.05, 4.69) is 10.2 Å². The molecule has 1 saturated heterocycles. The van der Waals surface area contributed by atoms with Crippen LogP contribution in [0.25, 0.3) is 0 Å². The van der Waals surface area contributed by atoms with Gasteiger partial charge in [-0.05, 0) is 39.3 Å². The van der Waals surface area contributed by atoms with Gasteiger partial charge in [-0.1, -0.05) is 19.3 Å². The lowest BCUT2D eigenvalue weighted by Crippen LogP contribution is -2.51. The number of β-amino-alcohol motifs (C(OH)–C–C–N with tert-alkyl or cyclic N) is 1. The largest absolute Gasteiger partial charge is 0.389 e. The molecule has 1 atom stereocenters. The van der Waals surface area contributed by atoms with E-state index in [1.54, 1.807) is 0 Å². The lowest BCUT2D eigenvalue weighted by Gasteiger charge is -2.40. The van der Waals surface area contributed by atoms with Crippen molar-refractivity contribution in [2.45, 2.75) is 56.6 Å². The van der Waals surface area contributed by atoms with Crippen LogP contribution in [0, 0.1) is 0 Å². The summed E-state index contributed by atoms with van der Waals surface area (Å²) in [7, 11) is 2.05. The van der Waals surface area contributed by atoms with Crippen molar-refractivity contribution in [3.63, 3.8) is 0 Å². The zero-order valence-electron chi connectivity index (χ0n) is 10.5. The van der Waals surface area contributed by atoms with Crippen molar-refractivity contribution in [1.29, 1.82) is 0 Å². The van der Waals surface area contributed by atoms with Crippen LogP contribution in [0.1, 0.15) is 44.9 Å². The highest BCUT2D eigenvalue weighted by Crippen LogP contribution is 2.29. The molecule has 1 saturated carbocycles. The highest BCUT2D eigenvalue weighted by molar-refractivity contribution is 4.88. The van der Waals surface area contributed by atoms with Crippen LogP contribution >= 0.6 is 0 Å². The number of likely N-dealkylation sites (N-methyl/N-ethyl adjacent to an activating group) is 1. The fraction of sp³-hybridized carbons (Fsp3) is 1.00. The molecule has 0 radical (unpaired) electrons. The summed E-state index contributed by atoms with van der Waals surface area (Å²) in [5, 5.41) is 13.9. The first-order valence-corrected chi connectivity index (χ1v) is 6.84. The fourth-order valence-corrected chi connectivity index (χ4v) is 3.22. The van der Waals surface area contributed by atoms with Gasteiger partial charge in [0.25, 0.3) is 0 Å². The van der Waals surface area contributed by atoms with E-state index in [0.29, 0.717) is 6.04 Å². The summed E-state index contributed by atoms with van der Waals surface area (Å²) >= 11 is 0. The molecule has 1 aliphatic heterocycles. The zero-order chi connectivity index (χ0) is 11.4. The SMILES string of the molecule is CNC1CCCN(CC2(O)CCCCC2)C1. The maximum absolute atomic E-state index is 10.5. The molecule has 94 valence electrons. The Morgan fingerprint density at radius 1 is 1.25 bits per heavy atom. The van der Waals surface area contributed by atoms with Gasteiger partial charge in [-0.2, -0.15) is 0 Å². The first-order valence-electron chi connectivity index (χ1n) is 6.84. The smallest absolute Gasteiger partial charge is 0.0774 e. The third-order valence-corrected chi connectivity index (χ3v) is 4.22. The average Bonchev–Trinajstić information content (AvgIpc) is 2.29. The van der Waals surface area contributed by atoms with E-state index in [9.17, 15) is 5.11 Å². The van der Waals surface area contributed by atoms with Gasteiger partial charge in [0.05, 0.1) is 5.60 Å². The summed E-state index contributed by atoms with van der Waals surface area (Å²) in [6.45, 7) is 3.17. The second-order valence-corrected chi connectivity index (χ2v) is 5.65. The Morgan fingerprint density at radius 2 is 2.00 bits per heavy atom. The van der Waals surface area contributed by atoms with Crippen LogP contribution in [-0.2, 0) is 0 Å². The second-order valence-electron chi connectivity index (χ2n) is 5.65. The Balaban J connectivity index is 1.83. The minimum absolute atomic E-state index is 0.381. The normalized spacial score (nSPS) is 31.5. The van der Waals surface area contributed by atoms with Crippen molar-refractivity contribution in [1.82, 2.24) is 10.2 Å². The predicted molar refractivity (Wildman–Crippen MR) is 66.6 cm³/mol. The fourth-order valence-electron chi connectivity index (χ4n) is 3.22. The van der Waals surface area contributed by atoms with Gasteiger partial charge < -0.3 is 10.4 Å². The lowest BCUT2D eigenvalue weighted by atomic mass is 9.84. The number of aliphatic hydroxyl groups is 1. The summed E-state index contributed by atoms with van der Waals surface area (Å²) < 4.78 is 0. The van der Waals surface area contributed by atoms with E-state index in [1.807, 2.05) is 7.05 Å². The molecule has 2 N–H and O–H groups in total. The molecule has 0 aromatic heterocycles. The van der Waals surface area contributed by atoms with Crippen molar-refractivity contribution < 1.29 is 5.11 Å². The Kier molecular flexibility index (Phi) is 4.22. The van der Waals surface area contributed by atoms with Crippen LogP contribution in [0.4, 0.5) is 0 Å². The Bertz CT molecular complexity index is 214. The molecule has 0 bridgehead atoms. The summed E-state index contributed by atoms with van der Waals surface area (Å²) in [5.74, 6) is 0. The van der Waals surface area contributed by atoms with E-state index in [-0.39, 0.29) is 5.60 Å². The first-order chi connectivity index (χ1) is 7.72. The number of hydrogen-bond acceptors (Lipinski definition) is 3. The molecule has 1 aliphatic carbocycles. The van der Waals surface area contributed by atoms with Gasteiger partial charge in [-0.15, -0.1) is 0 Å². The summed E-state index contributed by atoms with van der Waals surface area (Å²) in [5.41, 5.74) is -0.381. The maximum Gasteiger partial charge on any atom is 0.0774 e. The third-order valence-electron chi connectivity index (χ3n) is 4.22. The molecular formula is C13H26N2O. The first kappa shape index (κ1) is 12.3. The van der Waals surface area contributed by atoms with E-state index < -0.39 is 0 Å². The van der Waals surface area contributed by atoms with E-state index >= 15 is 0 Å². The third kappa shape index (κ3) is 3.19. The Morgan fingerprint density at radius 3 is 2.69 bits per heavy atom. The molecule has 0 aromatic carbocycles. The van der Waals surface area contributed by atoms with E-state index in [1.165, 1.54) is 38.6 Å².